The molecule has 20 heavy (non-hydrogen) atoms. The Balaban J connectivity index is 1.63. The number of amides is 1. The number of hydrogen-bond donors (Lipinski definition) is 1. The standard InChI is InChI=1S/C16H23N3O/c1-18-9-7-13(8-10-18)19(2)16(20)15-11-12-5-3-4-6-14(12)17-15/h3-6,13,15,17H,7-11H2,1-2H3/t15-/m0/s1. The molecule has 1 aromatic rings. The Morgan fingerprint density at radius 3 is 2.70 bits per heavy atom. The van der Waals surface area contributed by atoms with E-state index in [0.717, 1.165) is 38.0 Å². The molecule has 0 saturated carbocycles. The molecule has 1 atom stereocenters. The molecule has 108 valence electrons. The van der Waals surface area contributed by atoms with Gasteiger partial charge in [0.25, 0.3) is 0 Å². The first-order valence-corrected chi connectivity index (χ1v) is 7.45. The van der Waals surface area contributed by atoms with Crippen LogP contribution in [0, 0.1) is 0 Å². The van der Waals surface area contributed by atoms with Crippen molar-refractivity contribution in [2.24, 2.45) is 0 Å². The summed E-state index contributed by atoms with van der Waals surface area (Å²) in [5.41, 5.74) is 2.37. The number of likely N-dealkylation sites (N-methyl/N-ethyl adjacent to an activating group) is 1. The fourth-order valence-electron chi connectivity index (χ4n) is 3.25. The van der Waals surface area contributed by atoms with Gasteiger partial charge in [-0.1, -0.05) is 18.2 Å². The maximum absolute atomic E-state index is 12.6. The number of rotatable bonds is 2. The summed E-state index contributed by atoms with van der Waals surface area (Å²) in [5.74, 6) is 0.232. The van der Waals surface area contributed by atoms with Gasteiger partial charge in [0.1, 0.15) is 6.04 Å². The van der Waals surface area contributed by atoms with Crippen LogP contribution in [0.15, 0.2) is 24.3 Å². The molecule has 4 nitrogen and oxygen atoms in total. The van der Waals surface area contributed by atoms with Crippen LogP contribution in [-0.4, -0.2) is 55.0 Å². The fraction of sp³-hybridized carbons (Fsp3) is 0.562. The van der Waals surface area contributed by atoms with E-state index < -0.39 is 0 Å². The minimum absolute atomic E-state index is 0.0861. The maximum atomic E-state index is 12.6. The lowest BCUT2D eigenvalue weighted by Gasteiger charge is -2.36. The van der Waals surface area contributed by atoms with Gasteiger partial charge in [-0.3, -0.25) is 4.79 Å². The van der Waals surface area contributed by atoms with Crippen molar-refractivity contribution in [3.05, 3.63) is 29.8 Å². The van der Waals surface area contributed by atoms with Crippen LogP contribution in [0.1, 0.15) is 18.4 Å². The highest BCUT2D eigenvalue weighted by atomic mass is 16.2. The van der Waals surface area contributed by atoms with E-state index in [1.807, 2.05) is 24.1 Å². The van der Waals surface area contributed by atoms with E-state index >= 15 is 0 Å². The van der Waals surface area contributed by atoms with Crippen molar-refractivity contribution in [3.8, 4) is 0 Å². The van der Waals surface area contributed by atoms with Gasteiger partial charge < -0.3 is 15.1 Å². The summed E-state index contributed by atoms with van der Waals surface area (Å²) in [5, 5.41) is 3.36. The Hall–Kier alpha value is -1.55. The Morgan fingerprint density at radius 2 is 2.00 bits per heavy atom. The number of piperidine rings is 1. The highest BCUT2D eigenvalue weighted by Crippen LogP contribution is 2.26. The van der Waals surface area contributed by atoms with Crippen molar-refractivity contribution < 1.29 is 4.79 Å². The van der Waals surface area contributed by atoms with Crippen LogP contribution in [0.5, 0.6) is 0 Å². The SMILES string of the molecule is CN1CCC(N(C)C(=O)[C@@H]2Cc3ccccc3N2)CC1. The molecule has 1 N–H and O–H groups in total. The molecule has 0 aromatic heterocycles. The lowest BCUT2D eigenvalue weighted by atomic mass is 10.0. The Morgan fingerprint density at radius 1 is 1.30 bits per heavy atom. The molecule has 1 aromatic carbocycles. The van der Waals surface area contributed by atoms with Gasteiger partial charge in [0.15, 0.2) is 0 Å². The zero-order valence-corrected chi connectivity index (χ0v) is 12.3. The highest BCUT2D eigenvalue weighted by molar-refractivity contribution is 5.87. The van der Waals surface area contributed by atoms with Gasteiger partial charge in [-0.15, -0.1) is 0 Å². The number of hydrogen-bond acceptors (Lipinski definition) is 3. The number of para-hydroxylation sites is 1. The van der Waals surface area contributed by atoms with Crippen molar-refractivity contribution in [1.29, 1.82) is 0 Å². The van der Waals surface area contributed by atoms with E-state index in [9.17, 15) is 4.79 Å². The minimum Gasteiger partial charge on any atom is -0.373 e. The van der Waals surface area contributed by atoms with E-state index in [0.29, 0.717) is 6.04 Å². The van der Waals surface area contributed by atoms with E-state index in [1.54, 1.807) is 0 Å². The number of nitrogens with zero attached hydrogens (tertiary/aromatic N) is 2. The number of anilines is 1. The van der Waals surface area contributed by atoms with Gasteiger partial charge in [-0.2, -0.15) is 0 Å². The molecule has 0 spiro atoms. The monoisotopic (exact) mass is 273 g/mol. The molecule has 2 aliphatic heterocycles. The summed E-state index contributed by atoms with van der Waals surface area (Å²) < 4.78 is 0. The molecule has 3 rings (SSSR count). The number of fused-ring (bicyclic) bond motifs is 1. The first-order valence-electron chi connectivity index (χ1n) is 7.45. The number of likely N-dealkylation sites (tertiary alicyclic amines) is 1. The zero-order chi connectivity index (χ0) is 14.1. The van der Waals surface area contributed by atoms with E-state index in [-0.39, 0.29) is 11.9 Å². The molecule has 0 radical (unpaired) electrons. The summed E-state index contributed by atoms with van der Waals surface area (Å²) in [7, 11) is 4.11. The minimum atomic E-state index is -0.0861. The average Bonchev–Trinajstić information content (AvgIpc) is 2.90. The highest BCUT2D eigenvalue weighted by Gasteiger charge is 2.32. The largest absolute Gasteiger partial charge is 0.373 e. The molecule has 2 aliphatic rings. The van der Waals surface area contributed by atoms with Crippen LogP contribution in [-0.2, 0) is 11.2 Å². The van der Waals surface area contributed by atoms with Gasteiger partial charge in [-0.25, -0.2) is 0 Å². The van der Waals surface area contributed by atoms with Gasteiger partial charge in [-0.05, 0) is 44.6 Å². The molecule has 4 heteroatoms. The van der Waals surface area contributed by atoms with Gasteiger partial charge in [0.2, 0.25) is 5.91 Å². The lowest BCUT2D eigenvalue weighted by molar-refractivity contribution is -0.133. The van der Waals surface area contributed by atoms with Crippen molar-refractivity contribution in [2.45, 2.75) is 31.3 Å². The molecular weight excluding hydrogens is 250 g/mol. The Labute approximate surface area is 120 Å². The van der Waals surface area contributed by atoms with Crippen LogP contribution in [0.3, 0.4) is 0 Å². The molecule has 0 unspecified atom stereocenters. The second-order valence-corrected chi connectivity index (χ2v) is 6.04. The molecule has 1 fully saturated rings. The predicted octanol–water partition coefficient (Wildman–Crippen LogP) is 1.58. The molecular formula is C16H23N3O. The summed E-state index contributed by atoms with van der Waals surface area (Å²) in [6.07, 6.45) is 2.97. The molecule has 2 heterocycles. The van der Waals surface area contributed by atoms with Gasteiger partial charge >= 0.3 is 0 Å². The van der Waals surface area contributed by atoms with Crippen LogP contribution in [0.4, 0.5) is 5.69 Å². The first-order chi connectivity index (χ1) is 9.65. The first kappa shape index (κ1) is 13.4. The van der Waals surface area contributed by atoms with E-state index in [1.165, 1.54) is 5.56 Å². The van der Waals surface area contributed by atoms with Crippen molar-refractivity contribution >= 4 is 11.6 Å². The third-order valence-corrected chi connectivity index (χ3v) is 4.65. The maximum Gasteiger partial charge on any atom is 0.245 e. The van der Waals surface area contributed by atoms with Gasteiger partial charge in [0.05, 0.1) is 0 Å². The van der Waals surface area contributed by atoms with Crippen LogP contribution >= 0.6 is 0 Å². The van der Waals surface area contributed by atoms with Crippen LogP contribution in [0.25, 0.3) is 0 Å². The average molecular weight is 273 g/mol. The molecule has 1 saturated heterocycles. The summed E-state index contributed by atoms with van der Waals surface area (Å²) in [4.78, 5) is 16.9. The third-order valence-electron chi connectivity index (χ3n) is 4.65. The third kappa shape index (κ3) is 2.52. The second-order valence-electron chi connectivity index (χ2n) is 6.04. The summed E-state index contributed by atoms with van der Waals surface area (Å²) in [6.45, 7) is 2.17. The molecule has 0 aliphatic carbocycles. The normalized spacial score (nSPS) is 23.2. The Kier molecular flexibility index (Phi) is 3.66. The number of benzene rings is 1. The number of carbonyl (C=O) groups is 1. The zero-order valence-electron chi connectivity index (χ0n) is 12.3. The number of carbonyl (C=O) groups excluding carboxylic acids is 1. The topological polar surface area (TPSA) is 35.6 Å². The predicted molar refractivity (Wildman–Crippen MR) is 80.8 cm³/mol. The number of nitrogens with one attached hydrogen (secondary N) is 1. The summed E-state index contributed by atoms with van der Waals surface area (Å²) >= 11 is 0. The van der Waals surface area contributed by atoms with Crippen molar-refractivity contribution in [1.82, 2.24) is 9.80 Å². The smallest absolute Gasteiger partial charge is 0.245 e. The van der Waals surface area contributed by atoms with Crippen LogP contribution < -0.4 is 5.32 Å². The summed E-state index contributed by atoms with van der Waals surface area (Å²) in [6, 6.07) is 8.51. The van der Waals surface area contributed by atoms with E-state index in [4.69, 9.17) is 0 Å². The Bertz CT molecular complexity index is 469. The second kappa shape index (κ2) is 5.44. The van der Waals surface area contributed by atoms with E-state index in [2.05, 4.69) is 29.4 Å². The molecule has 1 amide bonds. The fourth-order valence-corrected chi connectivity index (χ4v) is 3.25. The molecule has 0 bridgehead atoms. The van der Waals surface area contributed by atoms with Gasteiger partial charge in [0, 0.05) is 25.2 Å². The quantitative estimate of drug-likeness (QED) is 0.888. The lowest BCUT2D eigenvalue weighted by Crippen LogP contribution is -2.49. The van der Waals surface area contributed by atoms with Crippen LogP contribution in [0.2, 0.25) is 0 Å². The van der Waals surface area contributed by atoms with Crippen molar-refractivity contribution in [2.75, 3.05) is 32.5 Å². The van der Waals surface area contributed by atoms with Crippen molar-refractivity contribution in [3.63, 3.8) is 0 Å².